The van der Waals surface area contributed by atoms with Crippen LogP contribution in [0.3, 0.4) is 0 Å². The van der Waals surface area contributed by atoms with Crippen LogP contribution in [-0.4, -0.2) is 63.4 Å². The molecule has 1 N–H and O–H groups in total. The van der Waals surface area contributed by atoms with E-state index in [-0.39, 0.29) is 24.2 Å². The lowest BCUT2D eigenvalue weighted by atomic mass is 10.3. The largest absolute Gasteiger partial charge is 0.377 e. The minimum atomic E-state index is -0.155. The van der Waals surface area contributed by atoms with Crippen molar-refractivity contribution in [2.45, 2.75) is 25.2 Å². The maximum absolute atomic E-state index is 11.9. The van der Waals surface area contributed by atoms with Crippen LogP contribution in [0.5, 0.6) is 0 Å². The highest BCUT2D eigenvalue weighted by Gasteiger charge is 2.36. The minimum absolute atomic E-state index is 0.0111. The van der Waals surface area contributed by atoms with Gasteiger partial charge in [0.15, 0.2) is 0 Å². The molecule has 1 fully saturated rings. The number of hydrogen-bond donors (Lipinski definition) is 1. The number of hydrogen-bond acceptors (Lipinski definition) is 4. The van der Waals surface area contributed by atoms with Crippen molar-refractivity contribution in [3.05, 3.63) is 0 Å². The molecule has 0 bridgehead atoms. The minimum Gasteiger partial charge on any atom is -0.377 e. The highest BCUT2D eigenvalue weighted by molar-refractivity contribution is 5.81. The van der Waals surface area contributed by atoms with E-state index in [0.717, 1.165) is 0 Å². The molecule has 3 unspecified atom stereocenters. The molecule has 5 heteroatoms. The molecule has 0 spiro atoms. The van der Waals surface area contributed by atoms with Gasteiger partial charge in [0.05, 0.1) is 6.04 Å². The number of nitrogens with one attached hydrogen (secondary N) is 1. The van der Waals surface area contributed by atoms with Gasteiger partial charge in [-0.1, -0.05) is 0 Å². The summed E-state index contributed by atoms with van der Waals surface area (Å²) >= 11 is 0. The first-order chi connectivity index (χ1) is 7.13. The third kappa shape index (κ3) is 2.68. The van der Waals surface area contributed by atoms with Crippen molar-refractivity contribution < 1.29 is 14.3 Å². The molecule has 1 aliphatic rings. The Hall–Kier alpha value is -0.650. The molecule has 1 rings (SSSR count). The molecule has 1 heterocycles. The van der Waals surface area contributed by atoms with Crippen LogP contribution in [0.15, 0.2) is 0 Å². The van der Waals surface area contributed by atoms with E-state index in [9.17, 15) is 4.79 Å². The fraction of sp³-hybridized carbons (Fsp3) is 0.900. The molecule has 0 radical (unpaired) electrons. The second-order valence-electron chi connectivity index (χ2n) is 3.80. The lowest BCUT2D eigenvalue weighted by Gasteiger charge is -2.19. The van der Waals surface area contributed by atoms with E-state index in [1.165, 1.54) is 0 Å². The van der Waals surface area contributed by atoms with Crippen LogP contribution in [0.1, 0.15) is 6.92 Å². The van der Waals surface area contributed by atoms with E-state index in [4.69, 9.17) is 9.47 Å². The summed E-state index contributed by atoms with van der Waals surface area (Å²) in [5.41, 5.74) is 0. The van der Waals surface area contributed by atoms with E-state index < -0.39 is 0 Å². The van der Waals surface area contributed by atoms with Crippen molar-refractivity contribution in [2.75, 3.05) is 34.4 Å². The van der Waals surface area contributed by atoms with Crippen molar-refractivity contribution >= 4 is 5.91 Å². The van der Waals surface area contributed by atoms with Gasteiger partial charge < -0.3 is 19.7 Å². The summed E-state index contributed by atoms with van der Waals surface area (Å²) in [7, 11) is 5.07. The maximum Gasteiger partial charge on any atom is 0.239 e. The number of nitrogens with zero attached hydrogens (tertiary/aromatic N) is 1. The molecule has 1 saturated heterocycles. The Bertz CT molecular complexity index is 211. The predicted molar refractivity (Wildman–Crippen MR) is 56.7 cm³/mol. The second kappa shape index (κ2) is 5.44. The molecule has 5 nitrogen and oxygen atoms in total. The Morgan fingerprint density at radius 3 is 2.13 bits per heavy atom. The number of carbonyl (C=O) groups excluding carboxylic acids is 1. The van der Waals surface area contributed by atoms with Crippen LogP contribution in [0, 0.1) is 0 Å². The average Bonchev–Trinajstić information content (AvgIpc) is 2.69. The van der Waals surface area contributed by atoms with Gasteiger partial charge in [-0.05, 0) is 14.0 Å². The van der Waals surface area contributed by atoms with Gasteiger partial charge in [0.1, 0.15) is 12.2 Å². The predicted octanol–water partition coefficient (Wildman–Crippen LogP) is -0.533. The molecule has 1 amide bonds. The fourth-order valence-corrected chi connectivity index (χ4v) is 1.77. The third-order valence-electron chi connectivity index (χ3n) is 2.94. The number of likely N-dealkylation sites (N-methyl/N-ethyl adjacent to an activating group) is 1. The second-order valence-corrected chi connectivity index (χ2v) is 3.80. The molecule has 0 aromatic carbocycles. The van der Waals surface area contributed by atoms with Gasteiger partial charge in [-0.15, -0.1) is 0 Å². The molecule has 0 aromatic rings. The Morgan fingerprint density at radius 2 is 1.80 bits per heavy atom. The average molecular weight is 216 g/mol. The van der Waals surface area contributed by atoms with Crippen LogP contribution in [0.2, 0.25) is 0 Å². The Kier molecular flexibility index (Phi) is 4.50. The summed E-state index contributed by atoms with van der Waals surface area (Å²) in [4.78, 5) is 13.6. The monoisotopic (exact) mass is 216 g/mol. The van der Waals surface area contributed by atoms with Gasteiger partial charge in [0.25, 0.3) is 0 Å². The van der Waals surface area contributed by atoms with Crippen molar-refractivity contribution in [2.24, 2.45) is 0 Å². The Morgan fingerprint density at radius 1 is 1.33 bits per heavy atom. The van der Waals surface area contributed by atoms with E-state index in [1.807, 2.05) is 6.92 Å². The van der Waals surface area contributed by atoms with Crippen LogP contribution < -0.4 is 5.32 Å². The van der Waals surface area contributed by atoms with Crippen LogP contribution in [0.4, 0.5) is 0 Å². The van der Waals surface area contributed by atoms with Crippen molar-refractivity contribution in [3.63, 3.8) is 0 Å². The zero-order valence-electron chi connectivity index (χ0n) is 9.82. The van der Waals surface area contributed by atoms with Gasteiger partial charge >= 0.3 is 0 Å². The number of likely N-dealkylation sites (tertiary alicyclic amines) is 1. The van der Waals surface area contributed by atoms with Crippen molar-refractivity contribution in [1.82, 2.24) is 10.2 Å². The highest BCUT2D eigenvalue weighted by Crippen LogP contribution is 2.16. The van der Waals surface area contributed by atoms with Crippen LogP contribution in [0.25, 0.3) is 0 Å². The van der Waals surface area contributed by atoms with Crippen LogP contribution in [-0.2, 0) is 14.3 Å². The summed E-state index contributed by atoms with van der Waals surface area (Å²) < 4.78 is 10.5. The molecule has 88 valence electrons. The number of carbonyl (C=O) groups is 1. The normalized spacial score (nSPS) is 28.1. The van der Waals surface area contributed by atoms with E-state index in [0.29, 0.717) is 13.1 Å². The van der Waals surface area contributed by atoms with E-state index >= 15 is 0 Å². The molecule has 1 aliphatic heterocycles. The molecule has 15 heavy (non-hydrogen) atoms. The lowest BCUT2D eigenvalue weighted by Crippen LogP contribution is -2.43. The zero-order chi connectivity index (χ0) is 11.4. The number of methoxy groups -OCH3 is 2. The molecule has 3 atom stereocenters. The first-order valence-corrected chi connectivity index (χ1v) is 5.15. The summed E-state index contributed by atoms with van der Waals surface area (Å²) in [5.74, 6) is 0.0964. The topological polar surface area (TPSA) is 50.8 Å². The highest BCUT2D eigenvalue weighted by atomic mass is 16.5. The van der Waals surface area contributed by atoms with Crippen LogP contribution >= 0.6 is 0 Å². The lowest BCUT2D eigenvalue weighted by molar-refractivity contribution is -0.132. The molecular formula is C10H20N2O3. The van der Waals surface area contributed by atoms with E-state index in [2.05, 4.69) is 5.32 Å². The quantitative estimate of drug-likeness (QED) is 0.686. The fourth-order valence-electron chi connectivity index (χ4n) is 1.77. The zero-order valence-corrected chi connectivity index (χ0v) is 9.82. The first kappa shape index (κ1) is 12.4. The van der Waals surface area contributed by atoms with Crippen molar-refractivity contribution in [3.8, 4) is 0 Å². The van der Waals surface area contributed by atoms with E-state index in [1.54, 1.807) is 26.2 Å². The maximum atomic E-state index is 11.9. The van der Waals surface area contributed by atoms with Gasteiger partial charge in [-0.3, -0.25) is 4.79 Å². The number of ether oxygens (including phenoxy) is 2. The smallest absolute Gasteiger partial charge is 0.239 e. The summed E-state index contributed by atoms with van der Waals surface area (Å²) in [5, 5.41) is 2.93. The standard InChI is InChI=1S/C10H20N2O3/c1-7(11-2)10(13)12-5-8(14-3)9(6-12)15-4/h7-9,11H,5-6H2,1-4H3. The molecular weight excluding hydrogens is 196 g/mol. The third-order valence-corrected chi connectivity index (χ3v) is 2.94. The Labute approximate surface area is 90.7 Å². The van der Waals surface area contributed by atoms with Gasteiger partial charge in [-0.2, -0.15) is 0 Å². The molecule has 0 aliphatic carbocycles. The summed E-state index contributed by atoms with van der Waals surface area (Å²) in [6.45, 7) is 3.07. The molecule has 0 saturated carbocycles. The van der Waals surface area contributed by atoms with Gasteiger partial charge in [0, 0.05) is 27.3 Å². The summed E-state index contributed by atoms with van der Waals surface area (Å²) in [6, 6.07) is -0.155. The van der Waals surface area contributed by atoms with Crippen molar-refractivity contribution in [1.29, 1.82) is 0 Å². The SMILES string of the molecule is CNC(C)C(=O)N1CC(OC)C(OC)C1. The molecule has 0 aromatic heterocycles. The van der Waals surface area contributed by atoms with Gasteiger partial charge in [0.2, 0.25) is 5.91 Å². The Balaban J connectivity index is 2.56. The van der Waals surface area contributed by atoms with Gasteiger partial charge in [-0.25, -0.2) is 0 Å². The first-order valence-electron chi connectivity index (χ1n) is 5.15. The number of rotatable bonds is 4. The summed E-state index contributed by atoms with van der Waals surface area (Å²) in [6.07, 6.45) is -0.0222. The number of amides is 1.